The highest BCUT2D eigenvalue weighted by atomic mass is 79.9. The Hall–Kier alpha value is -2.16. The summed E-state index contributed by atoms with van der Waals surface area (Å²) in [7, 11) is 0. The molecule has 2 aromatic rings. The number of allylic oxidation sites excluding steroid dienone is 1. The first-order chi connectivity index (χ1) is 12.1. The molecule has 25 heavy (non-hydrogen) atoms. The summed E-state index contributed by atoms with van der Waals surface area (Å²) in [5.41, 5.74) is 1.60. The summed E-state index contributed by atoms with van der Waals surface area (Å²) >= 11 is 4.98. The minimum atomic E-state index is 0.0438. The number of hydrogen-bond acceptors (Lipinski definition) is 4. The third kappa shape index (κ3) is 3.76. The first-order valence-electron chi connectivity index (χ1n) is 7.70. The van der Waals surface area contributed by atoms with Gasteiger partial charge in [-0.1, -0.05) is 29.8 Å². The average Bonchev–Trinajstić information content (AvgIpc) is 2.91. The predicted molar refractivity (Wildman–Crippen MR) is 104 cm³/mol. The van der Waals surface area contributed by atoms with Crippen molar-refractivity contribution in [2.45, 2.75) is 11.8 Å². The molecule has 0 aromatic heterocycles. The number of rotatable bonds is 5. The van der Waals surface area contributed by atoms with Crippen LogP contribution in [0.25, 0.3) is 6.08 Å². The van der Waals surface area contributed by atoms with Crippen LogP contribution >= 0.6 is 27.7 Å². The van der Waals surface area contributed by atoms with Crippen LogP contribution in [-0.2, 0) is 0 Å². The second-order valence-electron chi connectivity index (χ2n) is 5.19. The highest BCUT2D eigenvalue weighted by molar-refractivity contribution is 9.10. The second kappa shape index (κ2) is 7.81. The molecule has 126 valence electrons. The van der Waals surface area contributed by atoms with Crippen molar-refractivity contribution < 1.29 is 14.3 Å². The quantitative estimate of drug-likeness (QED) is 0.498. The first kappa shape index (κ1) is 17.7. The molecular formula is C20H15BrO3S. The maximum absolute atomic E-state index is 12.5. The molecule has 0 spiro atoms. The molecule has 1 heterocycles. The lowest BCUT2D eigenvalue weighted by molar-refractivity contribution is 0.104. The minimum Gasteiger partial charge on any atom is -0.490 e. The zero-order valence-electron chi connectivity index (χ0n) is 13.5. The van der Waals surface area contributed by atoms with Crippen LogP contribution in [0.4, 0.5) is 0 Å². The maximum atomic E-state index is 12.5. The Bertz CT molecular complexity index is 896. The van der Waals surface area contributed by atoms with Crippen molar-refractivity contribution >= 4 is 39.6 Å². The van der Waals surface area contributed by atoms with Crippen LogP contribution in [0.2, 0.25) is 0 Å². The zero-order valence-corrected chi connectivity index (χ0v) is 15.9. The van der Waals surface area contributed by atoms with Gasteiger partial charge in [0.05, 0.1) is 16.0 Å². The Labute approximate surface area is 159 Å². The van der Waals surface area contributed by atoms with Crippen molar-refractivity contribution in [3.63, 3.8) is 0 Å². The van der Waals surface area contributed by atoms with E-state index in [0.29, 0.717) is 23.0 Å². The van der Waals surface area contributed by atoms with Crippen LogP contribution in [0.3, 0.4) is 0 Å². The molecule has 1 aliphatic heterocycles. The van der Waals surface area contributed by atoms with Gasteiger partial charge in [-0.25, -0.2) is 0 Å². The number of ketones is 1. The van der Waals surface area contributed by atoms with E-state index >= 15 is 0 Å². The average molecular weight is 415 g/mol. The van der Waals surface area contributed by atoms with E-state index in [-0.39, 0.29) is 12.4 Å². The van der Waals surface area contributed by atoms with Gasteiger partial charge in [-0.05, 0) is 58.8 Å². The highest BCUT2D eigenvalue weighted by Gasteiger charge is 2.25. The van der Waals surface area contributed by atoms with Gasteiger partial charge >= 0.3 is 0 Å². The van der Waals surface area contributed by atoms with Gasteiger partial charge in [0.2, 0.25) is 5.78 Å². The summed E-state index contributed by atoms with van der Waals surface area (Å²) in [6.45, 7) is 2.55. The van der Waals surface area contributed by atoms with E-state index in [1.54, 1.807) is 0 Å². The summed E-state index contributed by atoms with van der Waals surface area (Å²) < 4.78 is 12.0. The van der Waals surface area contributed by atoms with E-state index in [1.165, 1.54) is 11.8 Å². The predicted octanol–water partition coefficient (Wildman–Crippen LogP) is 5.19. The third-order valence-corrected chi connectivity index (χ3v) is 5.19. The number of ether oxygens (including phenoxy) is 2. The molecular weight excluding hydrogens is 400 g/mol. The van der Waals surface area contributed by atoms with Gasteiger partial charge < -0.3 is 9.47 Å². The molecule has 0 saturated carbocycles. The van der Waals surface area contributed by atoms with E-state index in [2.05, 4.69) is 21.9 Å². The number of hydrogen-bond donors (Lipinski definition) is 0. The summed E-state index contributed by atoms with van der Waals surface area (Å²) in [6, 6.07) is 11.4. The fraction of sp³-hybridized carbons (Fsp3) is 0.150. The summed E-state index contributed by atoms with van der Waals surface area (Å²) in [6.07, 6.45) is 7.13. The van der Waals surface area contributed by atoms with Crippen molar-refractivity contribution in [1.82, 2.24) is 0 Å². The number of thioether (sulfide) groups is 1. The minimum absolute atomic E-state index is 0.0438. The Morgan fingerprint density at radius 3 is 2.80 bits per heavy atom. The number of carbonyl (C=O) groups excluding carboxylic acids is 1. The summed E-state index contributed by atoms with van der Waals surface area (Å²) in [5, 5.41) is 0. The van der Waals surface area contributed by atoms with E-state index in [0.717, 1.165) is 20.5 Å². The van der Waals surface area contributed by atoms with Crippen LogP contribution in [0.5, 0.6) is 11.5 Å². The Kier molecular flexibility index (Phi) is 5.52. The number of Topliss-reactive ketones (excluding diaryl/α,β-unsaturated/α-hetero) is 1. The van der Waals surface area contributed by atoms with Gasteiger partial charge in [0, 0.05) is 10.5 Å². The summed E-state index contributed by atoms with van der Waals surface area (Å²) in [5.74, 6) is 3.64. The number of carbonyl (C=O) groups is 1. The second-order valence-corrected chi connectivity index (χ2v) is 7.13. The fourth-order valence-electron chi connectivity index (χ4n) is 2.48. The standard InChI is InChI=1S/C20H15BrO3S/c1-3-9-24-20-15(21)10-13(11-16(20)23-4-2)12-18-19(22)14-7-5-6-8-17(14)25-18/h1,5-8,10-12H,4,9H2,2H3/b18-12+. The van der Waals surface area contributed by atoms with Crippen molar-refractivity contribution in [3.8, 4) is 23.8 Å². The molecule has 0 N–H and O–H groups in total. The lowest BCUT2D eigenvalue weighted by Crippen LogP contribution is -2.01. The van der Waals surface area contributed by atoms with Gasteiger partial charge in [-0.15, -0.1) is 6.42 Å². The summed E-state index contributed by atoms with van der Waals surface area (Å²) in [4.78, 5) is 14.2. The van der Waals surface area contributed by atoms with Crippen molar-refractivity contribution in [2.24, 2.45) is 0 Å². The molecule has 0 atom stereocenters. The molecule has 0 bridgehead atoms. The SMILES string of the molecule is C#CCOc1c(Br)cc(/C=C2/Sc3ccccc3C2=O)cc1OCC. The third-order valence-electron chi connectivity index (χ3n) is 3.50. The van der Waals surface area contributed by atoms with Crippen LogP contribution < -0.4 is 9.47 Å². The lowest BCUT2D eigenvalue weighted by Gasteiger charge is -2.13. The Balaban J connectivity index is 1.96. The van der Waals surface area contributed by atoms with Gasteiger partial charge in [-0.3, -0.25) is 4.79 Å². The van der Waals surface area contributed by atoms with Crippen molar-refractivity contribution in [1.29, 1.82) is 0 Å². The van der Waals surface area contributed by atoms with Gasteiger partial charge in [0.1, 0.15) is 6.61 Å². The largest absolute Gasteiger partial charge is 0.490 e. The van der Waals surface area contributed by atoms with Crippen LogP contribution in [0.15, 0.2) is 50.7 Å². The lowest BCUT2D eigenvalue weighted by atomic mass is 10.1. The van der Waals surface area contributed by atoms with E-state index in [1.807, 2.05) is 49.4 Å². The maximum Gasteiger partial charge on any atom is 0.200 e. The van der Waals surface area contributed by atoms with Crippen LogP contribution in [0, 0.1) is 12.3 Å². The van der Waals surface area contributed by atoms with Crippen LogP contribution in [-0.4, -0.2) is 19.0 Å². The Morgan fingerprint density at radius 1 is 1.28 bits per heavy atom. The normalized spacial score (nSPS) is 14.3. The number of benzene rings is 2. The zero-order chi connectivity index (χ0) is 17.8. The van der Waals surface area contributed by atoms with Crippen molar-refractivity contribution in [3.05, 3.63) is 56.9 Å². The van der Waals surface area contributed by atoms with Gasteiger partial charge in [0.25, 0.3) is 0 Å². The number of terminal acetylenes is 1. The molecule has 0 unspecified atom stereocenters. The smallest absolute Gasteiger partial charge is 0.200 e. The fourth-order valence-corrected chi connectivity index (χ4v) is 4.10. The molecule has 0 aliphatic carbocycles. The van der Waals surface area contributed by atoms with E-state index in [9.17, 15) is 4.79 Å². The molecule has 0 radical (unpaired) electrons. The Morgan fingerprint density at radius 2 is 2.08 bits per heavy atom. The molecule has 0 fully saturated rings. The van der Waals surface area contributed by atoms with Crippen LogP contribution in [0.1, 0.15) is 22.8 Å². The monoisotopic (exact) mass is 414 g/mol. The van der Waals surface area contributed by atoms with Gasteiger partial charge in [-0.2, -0.15) is 0 Å². The van der Waals surface area contributed by atoms with Gasteiger partial charge in [0.15, 0.2) is 11.5 Å². The van der Waals surface area contributed by atoms with E-state index < -0.39 is 0 Å². The van der Waals surface area contributed by atoms with E-state index in [4.69, 9.17) is 15.9 Å². The number of halogens is 1. The van der Waals surface area contributed by atoms with Crippen molar-refractivity contribution in [2.75, 3.05) is 13.2 Å². The molecule has 1 aliphatic rings. The topological polar surface area (TPSA) is 35.5 Å². The molecule has 0 amide bonds. The molecule has 2 aromatic carbocycles. The highest BCUT2D eigenvalue weighted by Crippen LogP contribution is 2.42. The molecule has 0 saturated heterocycles. The molecule has 3 rings (SSSR count). The molecule has 5 heteroatoms. The number of fused-ring (bicyclic) bond motifs is 1. The molecule has 3 nitrogen and oxygen atoms in total. The first-order valence-corrected chi connectivity index (χ1v) is 9.31.